The summed E-state index contributed by atoms with van der Waals surface area (Å²) >= 11 is 0. The molecule has 0 unspecified atom stereocenters. The van der Waals surface area contributed by atoms with Crippen molar-refractivity contribution in [3.05, 3.63) is 29.8 Å². The van der Waals surface area contributed by atoms with E-state index in [9.17, 15) is 0 Å². The van der Waals surface area contributed by atoms with Crippen LogP contribution in [0.2, 0.25) is 0 Å². The van der Waals surface area contributed by atoms with E-state index in [1.165, 1.54) is 5.56 Å². The quantitative estimate of drug-likeness (QED) is 0.543. The van der Waals surface area contributed by atoms with Gasteiger partial charge in [0, 0.05) is 0 Å². The van der Waals surface area contributed by atoms with E-state index in [0.717, 1.165) is 6.54 Å². The van der Waals surface area contributed by atoms with Crippen LogP contribution >= 0.6 is 0 Å². The van der Waals surface area contributed by atoms with Gasteiger partial charge >= 0.3 is 20.4 Å². The van der Waals surface area contributed by atoms with Gasteiger partial charge in [0.15, 0.2) is 0 Å². The van der Waals surface area contributed by atoms with Gasteiger partial charge in [-0.05, 0) is 20.6 Å². The average Bonchev–Trinajstić information content (AvgIpc) is 2.15. The van der Waals surface area contributed by atoms with Gasteiger partial charge in [0.2, 0.25) is 0 Å². The minimum Gasteiger partial charge on any atom is -0.376 e. The molecule has 0 fully saturated rings. The summed E-state index contributed by atoms with van der Waals surface area (Å²) in [7, 11) is 4.11. The van der Waals surface area contributed by atoms with E-state index in [0.29, 0.717) is 0 Å². The monoisotopic (exact) mass is 227 g/mol. The minimum atomic E-state index is 0. The molecule has 0 radical (unpaired) electrons. The summed E-state index contributed by atoms with van der Waals surface area (Å²) in [6, 6.07) is 9.17. The Morgan fingerprint density at radius 2 is 2.30 bits per heavy atom. The van der Waals surface area contributed by atoms with Crippen molar-refractivity contribution >= 4 is 0 Å². The first-order valence-corrected chi connectivity index (χ1v) is 3.06. The molecule has 0 heterocycles. The largest absolute Gasteiger partial charge is 2.00 e. The summed E-state index contributed by atoms with van der Waals surface area (Å²) in [6.07, 6.45) is 0. The zero-order valence-electron chi connectivity index (χ0n) is 6.20. The van der Waals surface area contributed by atoms with Crippen molar-refractivity contribution in [2.45, 2.75) is 6.54 Å². The van der Waals surface area contributed by atoms with Crippen molar-refractivity contribution in [1.29, 1.82) is 0 Å². The molecule has 0 amide bonds. The van der Waals surface area contributed by atoms with Crippen molar-refractivity contribution in [2.75, 3.05) is 14.1 Å². The summed E-state index contributed by atoms with van der Waals surface area (Å²) in [5.74, 6) is 0. The normalized spacial score (nSPS) is 9.50. The Morgan fingerprint density at radius 1 is 1.60 bits per heavy atom. The van der Waals surface area contributed by atoms with Crippen LogP contribution in [0.3, 0.4) is 0 Å². The zero-order chi connectivity index (χ0) is 6.69. The van der Waals surface area contributed by atoms with Crippen molar-refractivity contribution in [2.24, 2.45) is 0 Å². The van der Waals surface area contributed by atoms with E-state index in [2.05, 4.69) is 31.1 Å². The van der Waals surface area contributed by atoms with Gasteiger partial charge in [-0.25, -0.2) is 0 Å². The fraction of sp³-hybridized carbons (Fsp3) is 0.375. The first kappa shape index (κ1) is 9.97. The first-order chi connectivity index (χ1) is 4.29. The average molecular weight is 228 g/mol. The van der Waals surface area contributed by atoms with Gasteiger partial charge in [-0.1, -0.05) is 0 Å². The van der Waals surface area contributed by atoms with Crippen LogP contribution < -0.4 is 0 Å². The molecule has 0 saturated heterocycles. The maximum absolute atomic E-state index is 3.13. The maximum Gasteiger partial charge on any atom is 2.00 e. The maximum atomic E-state index is 3.13. The molecule has 0 aromatic heterocycles. The molecule has 0 atom stereocenters. The van der Waals surface area contributed by atoms with Gasteiger partial charge in [0.1, 0.15) is 0 Å². The third-order valence-electron chi connectivity index (χ3n) is 1.15. The molecule has 10 heavy (non-hydrogen) atoms. The van der Waals surface area contributed by atoms with Crippen LogP contribution in [0, 0.1) is 6.07 Å². The topological polar surface area (TPSA) is 3.24 Å². The molecule has 0 aliphatic carbocycles. The molecule has 0 N–H and O–H groups in total. The van der Waals surface area contributed by atoms with E-state index in [1.54, 1.807) is 0 Å². The van der Waals surface area contributed by atoms with E-state index in [4.69, 9.17) is 0 Å². The van der Waals surface area contributed by atoms with E-state index >= 15 is 0 Å². The molecule has 1 aromatic rings. The predicted octanol–water partition coefficient (Wildman–Crippen LogP) is 1.26. The van der Waals surface area contributed by atoms with E-state index < -0.39 is 0 Å². The molecule has 0 aliphatic rings. The summed E-state index contributed by atoms with van der Waals surface area (Å²) in [6.45, 7) is 0.993. The SMILES string of the molecule is CN(C)Cc1[c-]cc[cH-]1.[Pd+2]. The predicted molar refractivity (Wildman–Crippen MR) is 38.3 cm³/mol. The Hall–Kier alpha value is -0.0277. The van der Waals surface area contributed by atoms with Crippen LogP contribution in [-0.4, -0.2) is 19.0 Å². The molecular formula is C8H11NPd. The molecule has 1 aromatic carbocycles. The van der Waals surface area contributed by atoms with Crippen LogP contribution in [0.25, 0.3) is 0 Å². The van der Waals surface area contributed by atoms with Crippen molar-refractivity contribution < 1.29 is 20.4 Å². The third-order valence-corrected chi connectivity index (χ3v) is 1.15. The van der Waals surface area contributed by atoms with Crippen LogP contribution in [0.4, 0.5) is 0 Å². The Labute approximate surface area is 76.1 Å². The standard InChI is InChI=1S/C8H11N.Pd/c1-9(2)7-8-5-3-4-6-8;/h3-5H,7H2,1-2H3;/q-2;+2. The summed E-state index contributed by atoms with van der Waals surface area (Å²) < 4.78 is 0. The molecule has 0 spiro atoms. The van der Waals surface area contributed by atoms with Gasteiger partial charge in [-0.15, -0.1) is 0 Å². The number of nitrogens with zero attached hydrogens (tertiary/aromatic N) is 1. The summed E-state index contributed by atoms with van der Waals surface area (Å²) in [5.41, 5.74) is 1.26. The molecule has 0 saturated carbocycles. The van der Waals surface area contributed by atoms with Gasteiger partial charge in [-0.3, -0.25) is 5.56 Å². The van der Waals surface area contributed by atoms with Crippen molar-refractivity contribution in [1.82, 2.24) is 4.90 Å². The molecule has 58 valence electrons. The Bertz CT molecular complexity index is 156. The fourth-order valence-corrected chi connectivity index (χ4v) is 0.807. The number of hydrogen-bond acceptors (Lipinski definition) is 1. The van der Waals surface area contributed by atoms with E-state index in [1.807, 2.05) is 12.1 Å². The van der Waals surface area contributed by atoms with Gasteiger partial charge < -0.3 is 29.2 Å². The van der Waals surface area contributed by atoms with Crippen LogP contribution in [0.5, 0.6) is 0 Å². The zero-order valence-corrected chi connectivity index (χ0v) is 7.76. The smallest absolute Gasteiger partial charge is 0.376 e. The van der Waals surface area contributed by atoms with Crippen molar-refractivity contribution in [3.8, 4) is 0 Å². The summed E-state index contributed by atoms with van der Waals surface area (Å²) in [4.78, 5) is 2.13. The number of hydrogen-bond donors (Lipinski definition) is 0. The summed E-state index contributed by atoms with van der Waals surface area (Å²) in [5, 5.41) is 0. The Kier molecular flexibility index (Phi) is 4.72. The number of rotatable bonds is 2. The van der Waals surface area contributed by atoms with Crippen molar-refractivity contribution in [3.63, 3.8) is 0 Å². The molecular weight excluding hydrogens is 217 g/mol. The van der Waals surface area contributed by atoms with Crippen LogP contribution in [-0.2, 0) is 27.0 Å². The molecule has 2 heteroatoms. The molecule has 0 bridgehead atoms. The second-order valence-corrected chi connectivity index (χ2v) is 2.43. The molecule has 1 nitrogen and oxygen atoms in total. The minimum absolute atomic E-state index is 0. The third kappa shape index (κ3) is 3.22. The van der Waals surface area contributed by atoms with Gasteiger partial charge in [-0.2, -0.15) is 0 Å². The Balaban J connectivity index is 0.000000810. The van der Waals surface area contributed by atoms with Gasteiger partial charge in [0.05, 0.1) is 0 Å². The van der Waals surface area contributed by atoms with Gasteiger partial charge in [0.25, 0.3) is 0 Å². The second kappa shape index (κ2) is 4.74. The second-order valence-electron chi connectivity index (χ2n) is 2.43. The molecule has 1 rings (SSSR count). The van der Waals surface area contributed by atoms with Crippen LogP contribution in [0.1, 0.15) is 5.56 Å². The molecule has 0 aliphatic heterocycles. The fourth-order valence-electron chi connectivity index (χ4n) is 0.807. The van der Waals surface area contributed by atoms with Crippen LogP contribution in [0.15, 0.2) is 18.2 Å². The Morgan fingerprint density at radius 3 is 2.70 bits per heavy atom. The first-order valence-electron chi connectivity index (χ1n) is 3.06. The van der Waals surface area contributed by atoms with E-state index in [-0.39, 0.29) is 20.4 Å².